The van der Waals surface area contributed by atoms with Crippen LogP contribution >= 0.6 is 7.37 Å². The number of aromatic amines is 1. The van der Waals surface area contributed by atoms with Crippen molar-refractivity contribution in [3.05, 3.63) is 46.4 Å². The summed E-state index contributed by atoms with van der Waals surface area (Å²) in [6.07, 6.45) is 0. The Morgan fingerprint density at radius 3 is 2.47 bits per heavy atom. The zero-order chi connectivity index (χ0) is 14.0. The minimum atomic E-state index is -3.46. The van der Waals surface area contributed by atoms with E-state index in [0.717, 1.165) is 0 Å². The van der Waals surface area contributed by atoms with Crippen molar-refractivity contribution in [2.45, 2.75) is 6.92 Å². The lowest BCUT2D eigenvalue weighted by atomic mass is 10.4. The van der Waals surface area contributed by atoms with Gasteiger partial charge in [0, 0.05) is 12.4 Å². The summed E-state index contributed by atoms with van der Waals surface area (Å²) in [7, 11) is -2.15. The van der Waals surface area contributed by atoms with Crippen LogP contribution in [0.3, 0.4) is 0 Å². The van der Waals surface area contributed by atoms with Crippen molar-refractivity contribution < 1.29 is 9.09 Å². The van der Waals surface area contributed by atoms with Gasteiger partial charge in [-0.15, -0.1) is 0 Å². The predicted molar refractivity (Wildman–Crippen MR) is 74.3 cm³/mol. The fraction of sp³-hybridized carbons (Fsp3) is 0.167. The van der Waals surface area contributed by atoms with Gasteiger partial charge in [0.25, 0.3) is 12.9 Å². The highest BCUT2D eigenvalue weighted by Crippen LogP contribution is 2.42. The van der Waals surface area contributed by atoms with Gasteiger partial charge in [0.05, 0.1) is 5.69 Å². The molecule has 2 rings (SSSR count). The summed E-state index contributed by atoms with van der Waals surface area (Å²) >= 11 is 0. The van der Waals surface area contributed by atoms with Crippen molar-refractivity contribution in [1.82, 2.24) is 9.97 Å². The summed E-state index contributed by atoms with van der Waals surface area (Å²) in [4.78, 5) is 18.3. The average Bonchev–Trinajstić information content (AvgIpc) is 2.38. The summed E-state index contributed by atoms with van der Waals surface area (Å²) in [5.41, 5.74) is 5.21. The smallest absolute Gasteiger partial charge is 0.268 e. The molecule has 0 spiro atoms. The molecule has 1 aromatic heterocycles. The molecule has 1 unspecified atom stereocenters. The molecule has 6 nitrogen and oxygen atoms in total. The van der Waals surface area contributed by atoms with Crippen LogP contribution in [0.15, 0.2) is 35.1 Å². The van der Waals surface area contributed by atoms with E-state index >= 15 is 0 Å². The first-order valence-corrected chi connectivity index (χ1v) is 7.20. The van der Waals surface area contributed by atoms with E-state index in [1.807, 2.05) is 0 Å². The molecule has 1 atom stereocenters. The molecule has 0 saturated carbocycles. The summed E-state index contributed by atoms with van der Waals surface area (Å²) in [6, 6.07) is 8.56. The van der Waals surface area contributed by atoms with Gasteiger partial charge in [-0.25, -0.2) is 4.98 Å². The number of nitrogens with one attached hydrogen (secondary N) is 1. The van der Waals surface area contributed by atoms with Crippen molar-refractivity contribution in [2.75, 3.05) is 12.8 Å². The number of benzene rings is 1. The van der Waals surface area contributed by atoms with Crippen LogP contribution in [0.4, 0.5) is 5.95 Å². The lowest BCUT2D eigenvalue weighted by Crippen LogP contribution is -2.35. The van der Waals surface area contributed by atoms with Gasteiger partial charge < -0.3 is 10.3 Å². The van der Waals surface area contributed by atoms with Gasteiger partial charge in [0.2, 0.25) is 5.95 Å². The summed E-state index contributed by atoms with van der Waals surface area (Å²) < 4.78 is 18.2. The minimum Gasteiger partial charge on any atom is -0.369 e. The number of nitrogen functional groups attached to an aromatic ring is 1. The third kappa shape index (κ3) is 2.32. The third-order valence-electron chi connectivity index (χ3n) is 2.74. The number of rotatable bonds is 3. The lowest BCUT2D eigenvalue weighted by molar-refractivity contribution is 0.411. The van der Waals surface area contributed by atoms with E-state index in [1.54, 1.807) is 37.3 Å². The molecule has 1 aromatic carbocycles. The first-order valence-electron chi connectivity index (χ1n) is 5.57. The predicted octanol–water partition coefficient (Wildman–Crippen LogP) is 0.536. The Kier molecular flexibility index (Phi) is 3.55. The number of hydrogen-bond acceptors (Lipinski definition) is 5. The Labute approximate surface area is 110 Å². The molecule has 0 aliphatic rings. The van der Waals surface area contributed by atoms with E-state index in [2.05, 4.69) is 9.97 Å². The van der Waals surface area contributed by atoms with E-state index < -0.39 is 12.9 Å². The van der Waals surface area contributed by atoms with Crippen molar-refractivity contribution in [3.63, 3.8) is 0 Å². The molecule has 19 heavy (non-hydrogen) atoms. The first-order chi connectivity index (χ1) is 8.99. The van der Waals surface area contributed by atoms with Crippen molar-refractivity contribution in [3.8, 4) is 0 Å². The molecule has 0 aliphatic carbocycles. The van der Waals surface area contributed by atoms with Gasteiger partial charge in [0.15, 0.2) is 0 Å². The highest BCUT2D eigenvalue weighted by atomic mass is 31.2. The second-order valence-corrected chi connectivity index (χ2v) is 6.39. The Balaban J connectivity index is 2.74. The van der Waals surface area contributed by atoms with Crippen LogP contribution in [0.5, 0.6) is 0 Å². The minimum absolute atomic E-state index is 0.0121. The number of anilines is 1. The fourth-order valence-corrected chi connectivity index (χ4v) is 3.91. The van der Waals surface area contributed by atoms with Crippen LogP contribution in [-0.4, -0.2) is 17.1 Å². The second kappa shape index (κ2) is 4.99. The van der Waals surface area contributed by atoms with Gasteiger partial charge in [-0.1, -0.05) is 18.2 Å². The van der Waals surface area contributed by atoms with E-state index in [9.17, 15) is 9.36 Å². The van der Waals surface area contributed by atoms with Crippen molar-refractivity contribution in [2.24, 2.45) is 0 Å². The Morgan fingerprint density at radius 1 is 1.32 bits per heavy atom. The van der Waals surface area contributed by atoms with Crippen molar-refractivity contribution in [1.29, 1.82) is 0 Å². The molecule has 2 aromatic rings. The number of aromatic nitrogens is 2. The van der Waals surface area contributed by atoms with Gasteiger partial charge in [-0.2, -0.15) is 0 Å². The Hall–Kier alpha value is -1.91. The summed E-state index contributed by atoms with van der Waals surface area (Å²) in [6.45, 7) is 1.58. The molecular formula is C12H14N3O3P. The van der Waals surface area contributed by atoms with Crippen LogP contribution < -0.4 is 21.9 Å². The quantitative estimate of drug-likeness (QED) is 0.799. The second-order valence-electron chi connectivity index (χ2n) is 3.95. The molecule has 0 fully saturated rings. The standard InChI is InChI=1S/C12H14N3O3P/c1-8-10(11(16)15-12(13)14-8)19(17,18-2)9-6-4-3-5-7-9/h3-7H,1-2H3,(H3,13,14,15,16). The number of nitrogens with two attached hydrogens (primary N) is 1. The molecule has 0 saturated heterocycles. The Bertz CT molecular complexity index is 697. The summed E-state index contributed by atoms with van der Waals surface area (Å²) in [5, 5.41) is 0.466. The molecule has 0 bridgehead atoms. The van der Waals surface area contributed by atoms with E-state index in [-0.39, 0.29) is 11.3 Å². The molecule has 0 radical (unpaired) electrons. The molecule has 0 aliphatic heterocycles. The van der Waals surface area contributed by atoms with Gasteiger partial charge in [0.1, 0.15) is 5.30 Å². The van der Waals surface area contributed by atoms with Crippen LogP contribution in [0.2, 0.25) is 0 Å². The SMILES string of the molecule is COP(=O)(c1ccccc1)c1c(C)nc(N)[nH]c1=O. The summed E-state index contributed by atoms with van der Waals surface area (Å²) in [5.74, 6) is -0.0121. The number of hydrogen-bond donors (Lipinski definition) is 2. The molecule has 0 amide bonds. The van der Waals surface area contributed by atoms with Gasteiger partial charge in [-0.05, 0) is 19.1 Å². The third-order valence-corrected chi connectivity index (χ3v) is 5.34. The number of nitrogens with zero attached hydrogens (tertiary/aromatic N) is 1. The maximum atomic E-state index is 13.0. The molecule has 1 heterocycles. The monoisotopic (exact) mass is 279 g/mol. The van der Waals surface area contributed by atoms with Crippen LogP contribution in [-0.2, 0) is 9.09 Å². The highest BCUT2D eigenvalue weighted by Gasteiger charge is 2.32. The van der Waals surface area contributed by atoms with Crippen LogP contribution in [0, 0.1) is 6.92 Å². The maximum absolute atomic E-state index is 13.0. The van der Waals surface area contributed by atoms with E-state index in [4.69, 9.17) is 10.3 Å². The highest BCUT2D eigenvalue weighted by molar-refractivity contribution is 7.74. The van der Waals surface area contributed by atoms with Gasteiger partial charge in [-0.3, -0.25) is 14.3 Å². The molecular weight excluding hydrogens is 265 g/mol. The average molecular weight is 279 g/mol. The fourth-order valence-electron chi connectivity index (χ4n) is 1.90. The largest absolute Gasteiger partial charge is 0.369 e. The number of aryl methyl sites for hydroxylation is 1. The molecule has 7 heteroatoms. The van der Waals surface area contributed by atoms with Gasteiger partial charge >= 0.3 is 0 Å². The van der Waals surface area contributed by atoms with E-state index in [0.29, 0.717) is 11.0 Å². The van der Waals surface area contributed by atoms with Crippen molar-refractivity contribution >= 4 is 23.9 Å². The Morgan fingerprint density at radius 2 is 1.95 bits per heavy atom. The normalized spacial score (nSPS) is 14.0. The maximum Gasteiger partial charge on any atom is 0.268 e. The molecule has 100 valence electrons. The first kappa shape index (κ1) is 13.5. The zero-order valence-electron chi connectivity index (χ0n) is 10.6. The topological polar surface area (TPSA) is 98.1 Å². The van der Waals surface area contributed by atoms with Crippen LogP contribution in [0.25, 0.3) is 0 Å². The zero-order valence-corrected chi connectivity index (χ0v) is 11.5. The molecule has 3 N–H and O–H groups in total. The van der Waals surface area contributed by atoms with Crippen LogP contribution in [0.1, 0.15) is 5.69 Å². The van der Waals surface area contributed by atoms with E-state index in [1.165, 1.54) is 7.11 Å². The number of H-pyrrole nitrogens is 1. The lowest BCUT2D eigenvalue weighted by Gasteiger charge is -2.17.